The molecule has 4 saturated carbocycles. The Hall–Kier alpha value is -3.07. The third kappa shape index (κ3) is 5.96. The molecule has 0 saturated heterocycles. The maximum Gasteiger partial charge on any atom is 0.309 e. The number of hydrogen-bond donors (Lipinski definition) is 1. The van der Waals surface area contributed by atoms with Crippen molar-refractivity contribution in [3.8, 4) is 0 Å². The predicted molar refractivity (Wildman–Crippen MR) is 164 cm³/mol. The molecule has 7 rings (SSSR count). The molecule has 44 heavy (non-hydrogen) atoms. The van der Waals surface area contributed by atoms with Gasteiger partial charge in [-0.2, -0.15) is 4.98 Å². The Morgan fingerprint density at radius 3 is 2.41 bits per heavy atom. The lowest BCUT2D eigenvalue weighted by molar-refractivity contribution is -0.148. The first-order valence-electron chi connectivity index (χ1n) is 16.4. The zero-order valence-electron chi connectivity index (χ0n) is 26.5. The molecule has 4 fully saturated rings. The van der Waals surface area contributed by atoms with Gasteiger partial charge in [0.05, 0.1) is 18.1 Å². The third-order valence-corrected chi connectivity index (χ3v) is 10.9. The van der Waals surface area contributed by atoms with E-state index in [2.05, 4.69) is 28.3 Å². The summed E-state index contributed by atoms with van der Waals surface area (Å²) < 4.78 is 25.0. The van der Waals surface area contributed by atoms with E-state index in [0.717, 1.165) is 62.6 Å². The molecule has 1 atom stereocenters. The van der Waals surface area contributed by atoms with Crippen LogP contribution in [0.15, 0.2) is 34.9 Å². The topological polar surface area (TPSA) is 106 Å². The van der Waals surface area contributed by atoms with Gasteiger partial charge in [0.2, 0.25) is 5.91 Å². The summed E-state index contributed by atoms with van der Waals surface area (Å²) in [7, 11) is 0. The molecule has 1 amide bonds. The standard InChI is InChI=1S/C35H46FN3O5/c1-5-43-29(41)24-11-9-23(10-12-24)25-7-6-8-27(19-25)39(28(40)26-20-33(4,42)21-26)22-34-13-16-35(17-14-34,18-15-34)30-37-31(44-38-30)32(2,3)36/h6-9,19,24,26,42H,5,10-18,20-22H2,1-4H3. The van der Waals surface area contributed by atoms with Gasteiger partial charge in [-0.1, -0.05) is 23.4 Å². The van der Waals surface area contributed by atoms with Gasteiger partial charge in [0.25, 0.3) is 5.89 Å². The molecule has 1 aromatic carbocycles. The number of aromatic nitrogens is 2. The van der Waals surface area contributed by atoms with Crippen LogP contribution < -0.4 is 4.90 Å². The van der Waals surface area contributed by atoms with Gasteiger partial charge < -0.3 is 19.3 Å². The number of halogens is 1. The van der Waals surface area contributed by atoms with Crippen LogP contribution in [0.5, 0.6) is 0 Å². The van der Waals surface area contributed by atoms with Crippen LogP contribution in [-0.2, 0) is 25.4 Å². The van der Waals surface area contributed by atoms with Gasteiger partial charge >= 0.3 is 5.97 Å². The average Bonchev–Trinajstić information content (AvgIpc) is 3.52. The Morgan fingerprint density at radius 2 is 1.84 bits per heavy atom. The van der Waals surface area contributed by atoms with E-state index in [1.165, 1.54) is 19.4 Å². The molecule has 1 N–H and O–H groups in total. The number of rotatable bonds is 9. The van der Waals surface area contributed by atoms with Crippen LogP contribution in [0.4, 0.5) is 10.1 Å². The van der Waals surface area contributed by atoms with E-state index in [1.807, 2.05) is 24.0 Å². The molecule has 8 nitrogen and oxygen atoms in total. The van der Waals surface area contributed by atoms with Crippen molar-refractivity contribution in [2.45, 2.75) is 115 Å². The highest BCUT2D eigenvalue weighted by molar-refractivity contribution is 5.96. The second-order valence-corrected chi connectivity index (χ2v) is 14.7. The van der Waals surface area contributed by atoms with E-state index in [9.17, 15) is 19.1 Å². The number of hydrogen-bond acceptors (Lipinski definition) is 7. The molecular formula is C35H46FN3O5. The van der Waals surface area contributed by atoms with Crippen LogP contribution in [0.25, 0.3) is 5.57 Å². The van der Waals surface area contributed by atoms with E-state index >= 15 is 0 Å². The highest BCUT2D eigenvalue weighted by atomic mass is 19.1. The van der Waals surface area contributed by atoms with Gasteiger partial charge in [-0.3, -0.25) is 9.59 Å². The summed E-state index contributed by atoms with van der Waals surface area (Å²) in [5, 5.41) is 14.7. The van der Waals surface area contributed by atoms with Gasteiger partial charge in [-0.05, 0) is 127 Å². The summed E-state index contributed by atoms with van der Waals surface area (Å²) >= 11 is 0. The normalized spacial score (nSPS) is 31.6. The van der Waals surface area contributed by atoms with Crippen molar-refractivity contribution in [2.75, 3.05) is 18.1 Å². The SMILES string of the molecule is CCOC(=O)C1CC=C(c2cccc(N(CC34CCC(c5noc(C(C)(C)F)n5)(CC3)CC4)C(=O)C3CC(C)(O)C3)c2)CC1. The number of carbonyl (C=O) groups is 2. The van der Waals surface area contributed by atoms with Crippen LogP contribution in [-0.4, -0.2) is 45.9 Å². The van der Waals surface area contributed by atoms with Crippen LogP contribution in [0.1, 0.15) is 116 Å². The monoisotopic (exact) mass is 607 g/mol. The molecule has 238 valence electrons. The second-order valence-electron chi connectivity index (χ2n) is 14.7. The fourth-order valence-corrected chi connectivity index (χ4v) is 7.99. The van der Waals surface area contributed by atoms with Crippen molar-refractivity contribution < 1.29 is 28.3 Å². The molecule has 1 heterocycles. The quantitative estimate of drug-likeness (QED) is 0.312. The fraction of sp³-hybridized carbons (Fsp3) is 0.657. The molecule has 1 aromatic heterocycles. The summed E-state index contributed by atoms with van der Waals surface area (Å²) in [4.78, 5) is 32.8. The largest absolute Gasteiger partial charge is 0.466 e. The van der Waals surface area contributed by atoms with Crippen LogP contribution >= 0.6 is 0 Å². The Balaban J connectivity index is 1.22. The van der Waals surface area contributed by atoms with Gasteiger partial charge in [-0.25, -0.2) is 4.39 Å². The number of benzene rings is 1. The molecule has 2 aromatic rings. The van der Waals surface area contributed by atoms with Gasteiger partial charge in [0, 0.05) is 23.6 Å². The predicted octanol–water partition coefficient (Wildman–Crippen LogP) is 6.81. The summed E-state index contributed by atoms with van der Waals surface area (Å²) in [6, 6.07) is 8.25. The van der Waals surface area contributed by atoms with Crippen molar-refractivity contribution in [2.24, 2.45) is 17.3 Å². The zero-order chi connectivity index (χ0) is 31.3. The Kier molecular flexibility index (Phi) is 8.00. The van der Waals surface area contributed by atoms with Crippen molar-refractivity contribution in [3.63, 3.8) is 0 Å². The first-order valence-corrected chi connectivity index (χ1v) is 16.4. The molecule has 5 aliphatic rings. The minimum Gasteiger partial charge on any atom is -0.466 e. The number of nitrogens with zero attached hydrogens (tertiary/aromatic N) is 3. The molecule has 5 aliphatic carbocycles. The fourth-order valence-electron chi connectivity index (χ4n) is 7.99. The van der Waals surface area contributed by atoms with Crippen molar-refractivity contribution in [1.29, 1.82) is 0 Å². The van der Waals surface area contributed by atoms with Crippen LogP contribution in [0.2, 0.25) is 0 Å². The number of alkyl halides is 1. The lowest BCUT2D eigenvalue weighted by atomic mass is 9.53. The van der Waals surface area contributed by atoms with Gasteiger partial charge in [0.1, 0.15) is 0 Å². The maximum atomic E-state index is 14.5. The lowest BCUT2D eigenvalue weighted by Crippen LogP contribution is -2.54. The first-order chi connectivity index (χ1) is 20.8. The van der Waals surface area contributed by atoms with E-state index in [1.54, 1.807) is 6.92 Å². The maximum absolute atomic E-state index is 14.5. The Morgan fingerprint density at radius 1 is 1.14 bits per heavy atom. The number of fused-ring (bicyclic) bond motifs is 3. The van der Waals surface area contributed by atoms with E-state index < -0.39 is 11.3 Å². The van der Waals surface area contributed by atoms with E-state index in [-0.39, 0.29) is 40.4 Å². The second kappa shape index (κ2) is 11.4. The molecule has 1 unspecified atom stereocenters. The van der Waals surface area contributed by atoms with Crippen molar-refractivity contribution in [3.05, 3.63) is 47.6 Å². The highest BCUT2D eigenvalue weighted by Crippen LogP contribution is 2.58. The van der Waals surface area contributed by atoms with Gasteiger partial charge in [0.15, 0.2) is 11.5 Å². The molecule has 0 spiro atoms. The number of allylic oxidation sites excluding steroid dienone is 2. The molecule has 0 aliphatic heterocycles. The van der Waals surface area contributed by atoms with Crippen molar-refractivity contribution in [1.82, 2.24) is 10.1 Å². The lowest BCUT2D eigenvalue weighted by Gasteiger charge is -2.54. The number of anilines is 1. The highest BCUT2D eigenvalue weighted by Gasteiger charge is 2.53. The molecule has 0 radical (unpaired) electrons. The number of ether oxygens (including phenoxy) is 1. The zero-order valence-corrected chi connectivity index (χ0v) is 26.5. The van der Waals surface area contributed by atoms with Gasteiger partial charge in [-0.15, -0.1) is 0 Å². The minimum atomic E-state index is -1.67. The van der Waals surface area contributed by atoms with E-state index in [0.29, 0.717) is 38.2 Å². The molecular weight excluding hydrogens is 561 g/mol. The van der Waals surface area contributed by atoms with Crippen molar-refractivity contribution >= 4 is 23.1 Å². The smallest absolute Gasteiger partial charge is 0.309 e. The Bertz CT molecular complexity index is 1410. The number of amides is 1. The molecule has 9 heteroatoms. The van der Waals surface area contributed by atoms with Crippen LogP contribution in [0, 0.1) is 17.3 Å². The summed E-state index contributed by atoms with van der Waals surface area (Å²) in [6.45, 7) is 7.52. The number of carbonyl (C=O) groups excluding carboxylic acids is 2. The third-order valence-electron chi connectivity index (χ3n) is 10.9. The summed E-state index contributed by atoms with van der Waals surface area (Å²) in [5.74, 6) is 0.309. The summed E-state index contributed by atoms with van der Waals surface area (Å²) in [6.07, 6.45) is 10.7. The van der Waals surface area contributed by atoms with Crippen LogP contribution in [0.3, 0.4) is 0 Å². The molecule has 2 bridgehead atoms. The average molecular weight is 608 g/mol. The number of aliphatic hydroxyl groups is 1. The minimum absolute atomic E-state index is 0.0252. The van der Waals surface area contributed by atoms with E-state index in [4.69, 9.17) is 9.26 Å². The number of esters is 1. The first kappa shape index (κ1) is 30.9. The Labute approximate surface area is 259 Å². The summed E-state index contributed by atoms with van der Waals surface area (Å²) in [5.41, 5.74) is 0.468.